The van der Waals surface area contributed by atoms with Gasteiger partial charge < -0.3 is 10.4 Å². The summed E-state index contributed by atoms with van der Waals surface area (Å²) in [5.41, 5.74) is 2.79. The Hall–Kier alpha value is -1.35. The molecule has 0 bridgehead atoms. The first-order valence-corrected chi connectivity index (χ1v) is 7.80. The van der Waals surface area contributed by atoms with Crippen LogP contribution in [0.3, 0.4) is 0 Å². The average Bonchev–Trinajstić information content (AvgIpc) is 2.98. The van der Waals surface area contributed by atoms with Crippen molar-refractivity contribution in [2.75, 3.05) is 6.54 Å². The molecule has 0 amide bonds. The summed E-state index contributed by atoms with van der Waals surface area (Å²) in [6, 6.07) is 8.86. The highest BCUT2D eigenvalue weighted by atomic mass is 16.4. The highest BCUT2D eigenvalue weighted by Crippen LogP contribution is 2.38. The number of carboxylic acid groups (broad SMARTS) is 1. The van der Waals surface area contributed by atoms with Crippen molar-refractivity contribution in [3.8, 4) is 0 Å². The first kappa shape index (κ1) is 13.6. The SMILES string of the molecule is O=C(O)C1CNC(c2ccccc2C2CCCCC2)C1. The molecule has 1 aliphatic carbocycles. The van der Waals surface area contributed by atoms with Crippen molar-refractivity contribution in [2.24, 2.45) is 5.92 Å². The summed E-state index contributed by atoms with van der Waals surface area (Å²) in [4.78, 5) is 11.1. The van der Waals surface area contributed by atoms with Crippen molar-refractivity contribution < 1.29 is 9.90 Å². The van der Waals surface area contributed by atoms with E-state index in [4.69, 9.17) is 5.11 Å². The van der Waals surface area contributed by atoms with Gasteiger partial charge in [-0.15, -0.1) is 0 Å². The number of hydrogen-bond acceptors (Lipinski definition) is 2. The molecular weight excluding hydrogens is 250 g/mol. The maximum absolute atomic E-state index is 11.1. The summed E-state index contributed by atoms with van der Waals surface area (Å²) in [5.74, 6) is -0.236. The zero-order chi connectivity index (χ0) is 13.9. The Kier molecular flexibility index (Phi) is 4.06. The Morgan fingerprint density at radius 2 is 1.80 bits per heavy atom. The quantitative estimate of drug-likeness (QED) is 0.886. The molecular formula is C17H23NO2. The molecule has 0 spiro atoms. The number of carbonyl (C=O) groups is 1. The molecule has 2 fully saturated rings. The van der Waals surface area contributed by atoms with Crippen LogP contribution in [0, 0.1) is 5.92 Å². The minimum atomic E-state index is -0.671. The monoisotopic (exact) mass is 273 g/mol. The predicted octanol–water partition coefficient (Wildman–Crippen LogP) is 3.47. The first-order valence-electron chi connectivity index (χ1n) is 7.80. The topological polar surface area (TPSA) is 49.3 Å². The number of carboxylic acids is 1. The first-order chi connectivity index (χ1) is 9.75. The van der Waals surface area contributed by atoms with Gasteiger partial charge in [0, 0.05) is 12.6 Å². The lowest BCUT2D eigenvalue weighted by atomic mass is 9.80. The van der Waals surface area contributed by atoms with E-state index in [0.717, 1.165) is 6.42 Å². The molecule has 20 heavy (non-hydrogen) atoms. The summed E-state index contributed by atoms with van der Waals surface area (Å²) < 4.78 is 0. The van der Waals surface area contributed by atoms with Gasteiger partial charge in [0.05, 0.1) is 5.92 Å². The van der Waals surface area contributed by atoms with Crippen LogP contribution >= 0.6 is 0 Å². The molecule has 2 aliphatic rings. The van der Waals surface area contributed by atoms with Crippen LogP contribution < -0.4 is 5.32 Å². The van der Waals surface area contributed by atoms with Crippen LogP contribution in [0.5, 0.6) is 0 Å². The van der Waals surface area contributed by atoms with Crippen LogP contribution in [-0.4, -0.2) is 17.6 Å². The van der Waals surface area contributed by atoms with E-state index in [9.17, 15) is 4.79 Å². The van der Waals surface area contributed by atoms with E-state index in [1.807, 2.05) is 0 Å². The second kappa shape index (κ2) is 5.96. The number of nitrogens with one attached hydrogen (secondary N) is 1. The Balaban J connectivity index is 1.81. The van der Waals surface area contributed by atoms with E-state index in [-0.39, 0.29) is 12.0 Å². The molecule has 3 nitrogen and oxygen atoms in total. The molecule has 3 rings (SSSR count). The molecule has 0 aromatic heterocycles. The third-order valence-electron chi connectivity index (χ3n) is 4.90. The molecule has 0 radical (unpaired) electrons. The van der Waals surface area contributed by atoms with Crippen molar-refractivity contribution in [3.63, 3.8) is 0 Å². The van der Waals surface area contributed by atoms with E-state index < -0.39 is 5.97 Å². The Labute approximate surface area is 120 Å². The lowest BCUT2D eigenvalue weighted by molar-refractivity contribution is -0.141. The summed E-state index contributed by atoms with van der Waals surface area (Å²) in [7, 11) is 0. The lowest BCUT2D eigenvalue weighted by Crippen LogP contribution is -2.18. The van der Waals surface area contributed by atoms with Gasteiger partial charge in [-0.05, 0) is 36.3 Å². The van der Waals surface area contributed by atoms with Gasteiger partial charge in [0.25, 0.3) is 0 Å². The summed E-state index contributed by atoms with van der Waals surface area (Å²) in [6.07, 6.45) is 7.31. The molecule has 1 saturated heterocycles. The summed E-state index contributed by atoms with van der Waals surface area (Å²) in [6.45, 7) is 0.596. The fourth-order valence-electron chi connectivity index (χ4n) is 3.77. The van der Waals surface area contributed by atoms with Gasteiger partial charge in [0.15, 0.2) is 0 Å². The van der Waals surface area contributed by atoms with Gasteiger partial charge in [-0.1, -0.05) is 43.5 Å². The molecule has 3 heteroatoms. The molecule has 108 valence electrons. The van der Waals surface area contributed by atoms with Crippen molar-refractivity contribution in [1.29, 1.82) is 0 Å². The van der Waals surface area contributed by atoms with Crippen LogP contribution in [0.15, 0.2) is 24.3 Å². The van der Waals surface area contributed by atoms with Crippen LogP contribution in [0.1, 0.15) is 61.6 Å². The zero-order valence-electron chi connectivity index (χ0n) is 11.8. The maximum Gasteiger partial charge on any atom is 0.307 e. The number of aliphatic carboxylic acids is 1. The second-order valence-electron chi connectivity index (χ2n) is 6.20. The van der Waals surface area contributed by atoms with E-state index in [1.54, 1.807) is 0 Å². The molecule has 1 aromatic rings. The van der Waals surface area contributed by atoms with E-state index >= 15 is 0 Å². The standard InChI is InChI=1S/C17H23NO2/c19-17(20)13-10-16(18-11-13)15-9-5-4-8-14(15)12-6-2-1-3-7-12/h4-5,8-9,12-13,16,18H,1-3,6-7,10-11H2,(H,19,20). The molecule has 2 unspecified atom stereocenters. The fourth-order valence-corrected chi connectivity index (χ4v) is 3.77. The lowest BCUT2D eigenvalue weighted by Gasteiger charge is -2.26. The van der Waals surface area contributed by atoms with E-state index in [2.05, 4.69) is 29.6 Å². The van der Waals surface area contributed by atoms with Crippen molar-refractivity contribution in [3.05, 3.63) is 35.4 Å². The van der Waals surface area contributed by atoms with E-state index in [1.165, 1.54) is 43.2 Å². The predicted molar refractivity (Wildman–Crippen MR) is 78.8 cm³/mol. The molecule has 2 atom stereocenters. The number of rotatable bonds is 3. The molecule has 1 saturated carbocycles. The minimum absolute atomic E-state index is 0.217. The highest BCUT2D eigenvalue weighted by molar-refractivity contribution is 5.70. The minimum Gasteiger partial charge on any atom is -0.481 e. The van der Waals surface area contributed by atoms with Crippen molar-refractivity contribution in [1.82, 2.24) is 5.32 Å². The maximum atomic E-state index is 11.1. The van der Waals surface area contributed by atoms with Gasteiger partial charge >= 0.3 is 5.97 Å². The molecule has 1 heterocycles. The van der Waals surface area contributed by atoms with Gasteiger partial charge in [0.2, 0.25) is 0 Å². The Morgan fingerprint density at radius 3 is 2.45 bits per heavy atom. The zero-order valence-corrected chi connectivity index (χ0v) is 11.8. The van der Waals surface area contributed by atoms with Gasteiger partial charge in [-0.2, -0.15) is 0 Å². The fraction of sp³-hybridized carbons (Fsp3) is 0.588. The number of hydrogen-bond donors (Lipinski definition) is 2. The highest BCUT2D eigenvalue weighted by Gasteiger charge is 2.32. The summed E-state index contributed by atoms with van der Waals surface area (Å²) in [5, 5.41) is 12.6. The normalized spacial score (nSPS) is 27.6. The van der Waals surface area contributed by atoms with Crippen LogP contribution in [0.2, 0.25) is 0 Å². The molecule has 2 N–H and O–H groups in total. The van der Waals surface area contributed by atoms with Crippen molar-refractivity contribution >= 4 is 5.97 Å². The molecule has 1 aromatic carbocycles. The van der Waals surface area contributed by atoms with Crippen LogP contribution in [0.25, 0.3) is 0 Å². The van der Waals surface area contributed by atoms with Gasteiger partial charge in [0.1, 0.15) is 0 Å². The Morgan fingerprint density at radius 1 is 1.10 bits per heavy atom. The third kappa shape index (κ3) is 2.73. The largest absolute Gasteiger partial charge is 0.481 e. The van der Waals surface area contributed by atoms with Gasteiger partial charge in [-0.25, -0.2) is 0 Å². The smallest absolute Gasteiger partial charge is 0.307 e. The van der Waals surface area contributed by atoms with Crippen LogP contribution in [-0.2, 0) is 4.79 Å². The molecule has 1 aliphatic heterocycles. The van der Waals surface area contributed by atoms with Crippen LogP contribution in [0.4, 0.5) is 0 Å². The Bertz CT molecular complexity index is 480. The second-order valence-corrected chi connectivity index (χ2v) is 6.20. The number of benzene rings is 1. The third-order valence-corrected chi connectivity index (χ3v) is 4.90. The average molecular weight is 273 g/mol. The van der Waals surface area contributed by atoms with Crippen molar-refractivity contribution in [2.45, 2.75) is 50.5 Å². The summed E-state index contributed by atoms with van der Waals surface area (Å²) >= 11 is 0. The van der Waals surface area contributed by atoms with Gasteiger partial charge in [-0.3, -0.25) is 4.79 Å². The van der Waals surface area contributed by atoms with E-state index in [0.29, 0.717) is 12.5 Å².